The van der Waals surface area contributed by atoms with Crippen LogP contribution in [0.2, 0.25) is 0 Å². The summed E-state index contributed by atoms with van der Waals surface area (Å²) in [7, 11) is 0. The van der Waals surface area contributed by atoms with Gasteiger partial charge in [0.1, 0.15) is 5.78 Å². The minimum Gasteiger partial charge on any atom is -0.371 e. The van der Waals surface area contributed by atoms with Gasteiger partial charge in [-0.15, -0.1) is 0 Å². The number of carbonyl (C=O) groups excluding carboxylic acids is 1. The van der Waals surface area contributed by atoms with Crippen molar-refractivity contribution in [2.75, 3.05) is 19.7 Å². The van der Waals surface area contributed by atoms with E-state index in [9.17, 15) is 4.79 Å². The Bertz CT molecular complexity index is 163. The Kier molecular flexibility index (Phi) is 1.28. The van der Waals surface area contributed by atoms with Gasteiger partial charge in [0.05, 0.1) is 12.2 Å². The molecule has 2 aliphatic rings. The Balaban J connectivity index is 2.02. The van der Waals surface area contributed by atoms with E-state index in [1.807, 2.05) is 0 Å². The average molecular weight is 141 g/mol. The van der Waals surface area contributed by atoms with Crippen LogP contribution in [0.3, 0.4) is 0 Å². The molecule has 0 amide bonds. The molecule has 2 fully saturated rings. The largest absolute Gasteiger partial charge is 0.371 e. The van der Waals surface area contributed by atoms with E-state index in [4.69, 9.17) is 4.74 Å². The van der Waals surface area contributed by atoms with Gasteiger partial charge in [0.15, 0.2) is 0 Å². The molecule has 0 aliphatic carbocycles. The Morgan fingerprint density at radius 3 is 2.70 bits per heavy atom. The first kappa shape index (κ1) is 6.31. The van der Waals surface area contributed by atoms with Crippen LogP contribution >= 0.6 is 0 Å². The Hall–Kier alpha value is -0.410. The first-order valence-electron chi connectivity index (χ1n) is 3.67. The van der Waals surface area contributed by atoms with Crippen LogP contribution in [0.25, 0.3) is 0 Å². The third-order valence-corrected chi connectivity index (χ3v) is 2.20. The van der Waals surface area contributed by atoms with Crippen molar-refractivity contribution in [1.29, 1.82) is 0 Å². The molecule has 2 saturated heterocycles. The molecule has 2 aliphatic heterocycles. The summed E-state index contributed by atoms with van der Waals surface area (Å²) in [4.78, 5) is 11.0. The van der Waals surface area contributed by atoms with Gasteiger partial charge in [0.25, 0.3) is 0 Å². The number of ketones is 1. The number of ether oxygens (including phenoxy) is 1. The minimum absolute atomic E-state index is 0.0880. The third kappa shape index (κ3) is 0.859. The molecule has 10 heavy (non-hydrogen) atoms. The van der Waals surface area contributed by atoms with Gasteiger partial charge < -0.3 is 10.1 Å². The summed E-state index contributed by atoms with van der Waals surface area (Å²) in [6.07, 6.45) is 1.24. The summed E-state index contributed by atoms with van der Waals surface area (Å²) < 4.78 is 5.49. The molecule has 0 unspecified atom stereocenters. The zero-order valence-corrected chi connectivity index (χ0v) is 5.85. The van der Waals surface area contributed by atoms with Crippen molar-refractivity contribution in [3.05, 3.63) is 0 Å². The predicted octanol–water partition coefficient (Wildman–Crippen LogP) is -0.292. The molecule has 1 spiro atoms. The van der Waals surface area contributed by atoms with E-state index in [0.29, 0.717) is 25.2 Å². The Morgan fingerprint density at radius 2 is 2.30 bits per heavy atom. The van der Waals surface area contributed by atoms with Crippen LogP contribution in [0.5, 0.6) is 0 Å². The third-order valence-electron chi connectivity index (χ3n) is 2.20. The van der Waals surface area contributed by atoms with E-state index in [0.717, 1.165) is 13.1 Å². The fourth-order valence-electron chi connectivity index (χ4n) is 1.51. The van der Waals surface area contributed by atoms with Gasteiger partial charge in [-0.05, 0) is 0 Å². The maximum absolute atomic E-state index is 11.0. The van der Waals surface area contributed by atoms with E-state index in [-0.39, 0.29) is 5.60 Å². The van der Waals surface area contributed by atoms with E-state index < -0.39 is 0 Å². The number of rotatable bonds is 0. The summed E-state index contributed by atoms with van der Waals surface area (Å²) in [6, 6.07) is 0. The van der Waals surface area contributed by atoms with Crippen LogP contribution in [0.4, 0.5) is 0 Å². The van der Waals surface area contributed by atoms with Crippen LogP contribution in [0.1, 0.15) is 12.8 Å². The Morgan fingerprint density at radius 1 is 1.50 bits per heavy atom. The Labute approximate surface area is 59.7 Å². The van der Waals surface area contributed by atoms with E-state index in [1.54, 1.807) is 0 Å². The number of carbonyl (C=O) groups is 1. The van der Waals surface area contributed by atoms with Crippen LogP contribution < -0.4 is 5.32 Å². The highest BCUT2D eigenvalue weighted by atomic mass is 16.5. The van der Waals surface area contributed by atoms with E-state index >= 15 is 0 Å². The van der Waals surface area contributed by atoms with Crippen molar-refractivity contribution >= 4 is 5.78 Å². The van der Waals surface area contributed by atoms with Crippen molar-refractivity contribution in [3.8, 4) is 0 Å². The second kappa shape index (κ2) is 2.04. The van der Waals surface area contributed by atoms with Gasteiger partial charge in [-0.1, -0.05) is 0 Å². The molecule has 0 aromatic rings. The molecule has 1 N–H and O–H groups in total. The maximum atomic E-state index is 11.0. The summed E-state index contributed by atoms with van der Waals surface area (Å²) >= 11 is 0. The molecule has 0 radical (unpaired) electrons. The van der Waals surface area contributed by atoms with Crippen molar-refractivity contribution in [1.82, 2.24) is 5.32 Å². The van der Waals surface area contributed by atoms with Crippen LogP contribution in [-0.4, -0.2) is 31.1 Å². The highest BCUT2D eigenvalue weighted by Crippen LogP contribution is 2.25. The van der Waals surface area contributed by atoms with E-state index in [2.05, 4.69) is 5.32 Å². The lowest BCUT2D eigenvalue weighted by Gasteiger charge is -2.44. The van der Waals surface area contributed by atoms with Crippen LogP contribution in [0, 0.1) is 0 Å². The maximum Gasteiger partial charge on any atom is 0.138 e. The summed E-state index contributed by atoms with van der Waals surface area (Å²) in [5.41, 5.74) is -0.0880. The van der Waals surface area contributed by atoms with Gasteiger partial charge in [0.2, 0.25) is 0 Å². The number of hydrogen-bond donors (Lipinski definition) is 1. The number of Topliss-reactive ketones (excluding diaryl/α,β-unsaturated/α-hetero) is 1. The monoisotopic (exact) mass is 141 g/mol. The smallest absolute Gasteiger partial charge is 0.138 e. The molecular weight excluding hydrogens is 130 g/mol. The first-order valence-corrected chi connectivity index (χ1v) is 3.67. The molecular formula is C7H11NO2. The molecule has 2 rings (SSSR count). The zero-order chi connectivity index (χ0) is 7.03. The highest BCUT2D eigenvalue weighted by Gasteiger charge is 2.42. The lowest BCUT2D eigenvalue weighted by atomic mass is 9.88. The van der Waals surface area contributed by atoms with E-state index in [1.165, 1.54) is 0 Å². The van der Waals surface area contributed by atoms with Crippen molar-refractivity contribution in [3.63, 3.8) is 0 Å². The van der Waals surface area contributed by atoms with Gasteiger partial charge >= 0.3 is 0 Å². The van der Waals surface area contributed by atoms with Crippen molar-refractivity contribution in [2.24, 2.45) is 0 Å². The quantitative estimate of drug-likeness (QED) is 0.503. The second-order valence-corrected chi connectivity index (χ2v) is 3.10. The van der Waals surface area contributed by atoms with Crippen LogP contribution in [0.15, 0.2) is 0 Å². The van der Waals surface area contributed by atoms with Gasteiger partial charge in [-0.2, -0.15) is 0 Å². The van der Waals surface area contributed by atoms with Crippen LogP contribution in [-0.2, 0) is 9.53 Å². The molecule has 0 aromatic heterocycles. The number of hydrogen-bond acceptors (Lipinski definition) is 3. The fraction of sp³-hybridized carbons (Fsp3) is 0.857. The first-order chi connectivity index (χ1) is 4.81. The number of nitrogens with one attached hydrogen (secondary N) is 1. The molecule has 3 heteroatoms. The van der Waals surface area contributed by atoms with Crippen molar-refractivity contribution in [2.45, 2.75) is 18.4 Å². The second-order valence-electron chi connectivity index (χ2n) is 3.10. The lowest BCUT2D eigenvalue weighted by molar-refractivity contribution is -0.147. The highest BCUT2D eigenvalue weighted by molar-refractivity contribution is 5.80. The normalized spacial score (nSPS) is 30.2. The van der Waals surface area contributed by atoms with Gasteiger partial charge in [-0.25, -0.2) is 0 Å². The van der Waals surface area contributed by atoms with Gasteiger partial charge in [-0.3, -0.25) is 4.79 Å². The standard InChI is InChI=1S/C7H11NO2/c9-6-1-2-10-7(3-6)4-8-5-7/h8H,1-5H2. The van der Waals surface area contributed by atoms with Crippen molar-refractivity contribution < 1.29 is 9.53 Å². The average Bonchev–Trinajstić information content (AvgIpc) is 1.85. The fourth-order valence-corrected chi connectivity index (χ4v) is 1.51. The summed E-state index contributed by atoms with van der Waals surface area (Å²) in [6.45, 7) is 2.35. The predicted molar refractivity (Wildman–Crippen MR) is 35.8 cm³/mol. The topological polar surface area (TPSA) is 38.3 Å². The molecule has 2 heterocycles. The lowest BCUT2D eigenvalue weighted by Crippen LogP contribution is -2.63. The summed E-state index contributed by atoms with van der Waals surface area (Å²) in [5.74, 6) is 0.354. The molecule has 0 saturated carbocycles. The molecule has 0 aromatic carbocycles. The summed E-state index contributed by atoms with van der Waals surface area (Å²) in [5, 5.41) is 3.12. The molecule has 56 valence electrons. The minimum atomic E-state index is -0.0880. The zero-order valence-electron chi connectivity index (χ0n) is 5.85. The molecule has 3 nitrogen and oxygen atoms in total. The molecule has 0 atom stereocenters. The molecule has 0 bridgehead atoms. The SMILES string of the molecule is O=C1CCOC2(CNC2)C1. The van der Waals surface area contributed by atoms with Gasteiger partial charge in [0, 0.05) is 25.9 Å².